The van der Waals surface area contributed by atoms with Crippen LogP contribution in [0.1, 0.15) is 18.0 Å². The Labute approximate surface area is 110 Å². The number of aliphatic hydroxyl groups is 1. The van der Waals surface area contributed by atoms with E-state index < -0.39 is 6.10 Å². The first-order chi connectivity index (χ1) is 9.24. The lowest BCUT2D eigenvalue weighted by Gasteiger charge is -2.25. The lowest BCUT2D eigenvalue weighted by atomic mass is 10.0. The van der Waals surface area contributed by atoms with Crippen LogP contribution >= 0.6 is 0 Å². The lowest BCUT2D eigenvalue weighted by Crippen LogP contribution is -2.25. The van der Waals surface area contributed by atoms with Crippen LogP contribution in [-0.4, -0.2) is 27.7 Å². The van der Waals surface area contributed by atoms with E-state index >= 15 is 0 Å². The first kappa shape index (κ1) is 12.0. The van der Waals surface area contributed by atoms with Gasteiger partial charge >= 0.3 is 0 Å². The topological polar surface area (TPSA) is 49.2 Å². The van der Waals surface area contributed by atoms with Crippen molar-refractivity contribution in [3.63, 3.8) is 0 Å². The largest absolute Gasteiger partial charge is 0.391 e. The van der Waals surface area contributed by atoms with Crippen molar-refractivity contribution in [3.05, 3.63) is 54.2 Å². The molecule has 2 heterocycles. The molecule has 2 atom stereocenters. The summed E-state index contributed by atoms with van der Waals surface area (Å²) in [5.41, 5.74) is 0.849. The van der Waals surface area contributed by atoms with Gasteiger partial charge in [0, 0.05) is 18.9 Å². The average molecular weight is 259 g/mol. The molecule has 0 aliphatic carbocycles. The van der Waals surface area contributed by atoms with Crippen molar-refractivity contribution in [2.45, 2.75) is 18.6 Å². The molecular weight excluding hydrogens is 245 g/mol. The minimum absolute atomic E-state index is 0.0672. The van der Waals surface area contributed by atoms with Crippen molar-refractivity contribution >= 4 is 5.82 Å². The molecule has 2 unspecified atom stereocenters. The van der Waals surface area contributed by atoms with Crippen LogP contribution in [0, 0.1) is 5.82 Å². The Morgan fingerprint density at radius 1 is 1.32 bits per heavy atom. The molecule has 3 rings (SSSR count). The fourth-order valence-electron chi connectivity index (χ4n) is 2.54. The SMILES string of the molecule is OC1CC(c2cccc(F)c2)N(c2cnccn2)C1. The molecule has 4 nitrogen and oxygen atoms in total. The fourth-order valence-corrected chi connectivity index (χ4v) is 2.54. The Hall–Kier alpha value is -2.01. The van der Waals surface area contributed by atoms with Crippen LogP contribution in [0.4, 0.5) is 10.2 Å². The summed E-state index contributed by atoms with van der Waals surface area (Å²) in [5, 5.41) is 9.88. The van der Waals surface area contributed by atoms with Gasteiger partial charge in [0.25, 0.3) is 0 Å². The van der Waals surface area contributed by atoms with E-state index in [1.807, 2.05) is 11.0 Å². The Kier molecular flexibility index (Phi) is 3.13. The number of anilines is 1. The van der Waals surface area contributed by atoms with Crippen molar-refractivity contribution in [1.29, 1.82) is 0 Å². The third-order valence-corrected chi connectivity index (χ3v) is 3.36. The second-order valence-corrected chi connectivity index (χ2v) is 4.68. The van der Waals surface area contributed by atoms with Gasteiger partial charge in [0.05, 0.1) is 18.3 Å². The quantitative estimate of drug-likeness (QED) is 0.895. The minimum Gasteiger partial charge on any atom is -0.391 e. The van der Waals surface area contributed by atoms with E-state index in [0.717, 1.165) is 5.56 Å². The molecule has 1 fully saturated rings. The smallest absolute Gasteiger partial charge is 0.147 e. The predicted molar refractivity (Wildman–Crippen MR) is 69.1 cm³/mol. The molecule has 1 saturated heterocycles. The highest BCUT2D eigenvalue weighted by molar-refractivity contribution is 5.42. The van der Waals surface area contributed by atoms with Gasteiger partial charge in [0.15, 0.2) is 0 Å². The van der Waals surface area contributed by atoms with E-state index in [1.54, 1.807) is 24.7 Å². The summed E-state index contributed by atoms with van der Waals surface area (Å²) in [6, 6.07) is 6.41. The molecule has 0 spiro atoms. The summed E-state index contributed by atoms with van der Waals surface area (Å²) >= 11 is 0. The second kappa shape index (κ2) is 4.93. The second-order valence-electron chi connectivity index (χ2n) is 4.68. The number of β-amino-alcohol motifs (C(OH)–C–C–N with tert-alkyl or cyclic N) is 1. The number of aromatic nitrogens is 2. The van der Waals surface area contributed by atoms with Crippen molar-refractivity contribution in [3.8, 4) is 0 Å². The van der Waals surface area contributed by atoms with Crippen LogP contribution in [0.2, 0.25) is 0 Å². The highest BCUT2D eigenvalue weighted by atomic mass is 19.1. The number of aliphatic hydroxyl groups excluding tert-OH is 1. The molecule has 0 bridgehead atoms. The Bertz CT molecular complexity index is 564. The third kappa shape index (κ3) is 2.42. The first-order valence-electron chi connectivity index (χ1n) is 6.20. The highest BCUT2D eigenvalue weighted by Gasteiger charge is 2.33. The number of nitrogens with zero attached hydrogens (tertiary/aromatic N) is 3. The van der Waals surface area contributed by atoms with Crippen LogP contribution in [0.15, 0.2) is 42.9 Å². The van der Waals surface area contributed by atoms with Crippen molar-refractivity contribution in [1.82, 2.24) is 9.97 Å². The lowest BCUT2D eigenvalue weighted by molar-refractivity contribution is 0.194. The molecule has 1 aliphatic rings. The van der Waals surface area contributed by atoms with Crippen molar-refractivity contribution in [2.24, 2.45) is 0 Å². The van der Waals surface area contributed by atoms with E-state index in [4.69, 9.17) is 0 Å². The predicted octanol–water partition coefficient (Wildman–Crippen LogP) is 1.93. The first-order valence-corrected chi connectivity index (χ1v) is 6.20. The van der Waals surface area contributed by atoms with Gasteiger partial charge in [-0.3, -0.25) is 4.98 Å². The summed E-state index contributed by atoms with van der Waals surface area (Å²) in [5.74, 6) is 0.436. The fraction of sp³-hybridized carbons (Fsp3) is 0.286. The Morgan fingerprint density at radius 2 is 2.21 bits per heavy atom. The van der Waals surface area contributed by atoms with Crippen LogP contribution in [0.25, 0.3) is 0 Å². The number of hydrogen-bond donors (Lipinski definition) is 1. The molecule has 1 aromatic heterocycles. The van der Waals surface area contributed by atoms with E-state index in [2.05, 4.69) is 9.97 Å². The van der Waals surface area contributed by atoms with Gasteiger partial charge < -0.3 is 10.0 Å². The maximum Gasteiger partial charge on any atom is 0.147 e. The van der Waals surface area contributed by atoms with Crippen LogP contribution < -0.4 is 4.90 Å². The third-order valence-electron chi connectivity index (χ3n) is 3.36. The number of benzene rings is 1. The molecule has 19 heavy (non-hydrogen) atoms. The van der Waals surface area contributed by atoms with Crippen molar-refractivity contribution < 1.29 is 9.50 Å². The molecule has 1 aliphatic heterocycles. The van der Waals surface area contributed by atoms with Crippen LogP contribution in [-0.2, 0) is 0 Å². The molecule has 0 saturated carbocycles. The molecule has 1 aromatic carbocycles. The van der Waals surface area contributed by atoms with Gasteiger partial charge in [-0.15, -0.1) is 0 Å². The molecule has 0 amide bonds. The average Bonchev–Trinajstić information content (AvgIpc) is 2.82. The molecule has 5 heteroatoms. The van der Waals surface area contributed by atoms with Crippen LogP contribution in [0.3, 0.4) is 0 Å². The summed E-state index contributed by atoms with van der Waals surface area (Å²) in [6.07, 6.45) is 5.01. The molecular formula is C14H14FN3O. The maximum atomic E-state index is 13.3. The zero-order chi connectivity index (χ0) is 13.2. The zero-order valence-electron chi connectivity index (χ0n) is 10.3. The summed E-state index contributed by atoms with van der Waals surface area (Å²) in [7, 11) is 0. The van der Waals surface area contributed by atoms with E-state index in [1.165, 1.54) is 12.1 Å². The Morgan fingerprint density at radius 3 is 2.95 bits per heavy atom. The van der Waals surface area contributed by atoms with E-state index in [-0.39, 0.29) is 11.9 Å². The maximum absolute atomic E-state index is 13.3. The summed E-state index contributed by atoms with van der Waals surface area (Å²) < 4.78 is 13.3. The van der Waals surface area contributed by atoms with Gasteiger partial charge in [-0.05, 0) is 24.1 Å². The molecule has 0 radical (unpaired) electrons. The normalized spacial score (nSPS) is 22.7. The number of halogens is 1. The Balaban J connectivity index is 1.95. The van der Waals surface area contributed by atoms with Crippen LogP contribution in [0.5, 0.6) is 0 Å². The standard InChI is InChI=1S/C14H14FN3O/c15-11-3-1-2-10(6-11)13-7-12(19)9-18(13)14-8-16-4-5-17-14/h1-6,8,12-13,19H,7,9H2. The monoisotopic (exact) mass is 259 g/mol. The molecule has 98 valence electrons. The molecule has 2 aromatic rings. The molecule has 1 N–H and O–H groups in total. The van der Waals surface area contributed by atoms with Gasteiger partial charge in [0.1, 0.15) is 11.6 Å². The van der Waals surface area contributed by atoms with Crippen molar-refractivity contribution in [2.75, 3.05) is 11.4 Å². The minimum atomic E-state index is -0.435. The number of rotatable bonds is 2. The van der Waals surface area contributed by atoms with E-state index in [9.17, 15) is 9.50 Å². The number of hydrogen-bond acceptors (Lipinski definition) is 4. The van der Waals surface area contributed by atoms with Gasteiger partial charge in [0.2, 0.25) is 0 Å². The zero-order valence-corrected chi connectivity index (χ0v) is 10.3. The van der Waals surface area contributed by atoms with Gasteiger partial charge in [-0.2, -0.15) is 0 Å². The summed E-state index contributed by atoms with van der Waals surface area (Å²) in [4.78, 5) is 10.3. The van der Waals surface area contributed by atoms with Gasteiger partial charge in [-0.1, -0.05) is 12.1 Å². The highest BCUT2D eigenvalue weighted by Crippen LogP contribution is 2.35. The van der Waals surface area contributed by atoms with E-state index in [0.29, 0.717) is 18.8 Å². The summed E-state index contributed by atoms with van der Waals surface area (Å²) in [6.45, 7) is 0.486. The van der Waals surface area contributed by atoms with Gasteiger partial charge in [-0.25, -0.2) is 9.37 Å².